The molecular formula is C4H2F8. The number of hydrogen-bond acceptors (Lipinski definition) is 0. The zero-order chi connectivity index (χ0) is 10.2. The Kier molecular flexibility index (Phi) is 2.61. The summed E-state index contributed by atoms with van der Waals surface area (Å²) in [6, 6.07) is 0. The number of hydrogen-bond donors (Lipinski definition) is 0. The lowest BCUT2D eigenvalue weighted by Gasteiger charge is -2.25. The van der Waals surface area contributed by atoms with Gasteiger partial charge in [0.05, 0.1) is 0 Å². The minimum Gasteiger partial charge on any atom is -0.244 e. The summed E-state index contributed by atoms with van der Waals surface area (Å²) in [6.07, 6.45) is -6.44. The lowest BCUT2D eigenvalue weighted by Crippen LogP contribution is -2.53. The van der Waals surface area contributed by atoms with Crippen LogP contribution in [0, 0.1) is 0 Å². The van der Waals surface area contributed by atoms with Gasteiger partial charge in [-0.1, -0.05) is 0 Å². The molecule has 0 aromatic heterocycles. The first-order valence-corrected chi connectivity index (χ1v) is 2.44. The highest BCUT2D eigenvalue weighted by Gasteiger charge is 2.73. The summed E-state index contributed by atoms with van der Waals surface area (Å²) >= 11 is 0. The fraction of sp³-hybridized carbons (Fsp3) is 1.00. The van der Waals surface area contributed by atoms with Gasteiger partial charge in [-0.05, 0) is 0 Å². The zero-order valence-electron chi connectivity index (χ0n) is 5.23. The Bertz CT molecular complexity index is 155. The van der Waals surface area contributed by atoms with Gasteiger partial charge in [0.15, 0.2) is 6.67 Å². The molecule has 0 atom stereocenters. The maximum absolute atomic E-state index is 11.6. The smallest absolute Gasteiger partial charge is 0.244 e. The topological polar surface area (TPSA) is 0 Å². The lowest BCUT2D eigenvalue weighted by atomic mass is 10.2. The van der Waals surface area contributed by atoms with Gasteiger partial charge in [0.1, 0.15) is 0 Å². The van der Waals surface area contributed by atoms with Gasteiger partial charge in [0.25, 0.3) is 0 Å². The van der Waals surface area contributed by atoms with E-state index in [-0.39, 0.29) is 0 Å². The fourth-order valence-corrected chi connectivity index (χ4v) is 0.291. The Balaban J connectivity index is 4.85. The van der Waals surface area contributed by atoms with E-state index in [9.17, 15) is 35.1 Å². The van der Waals surface area contributed by atoms with Crippen LogP contribution in [0.4, 0.5) is 35.1 Å². The molecule has 0 spiro atoms. The Labute approximate surface area is 61.2 Å². The van der Waals surface area contributed by atoms with E-state index in [4.69, 9.17) is 0 Å². The largest absolute Gasteiger partial charge is 0.459 e. The monoisotopic (exact) mass is 202 g/mol. The van der Waals surface area contributed by atoms with Crippen LogP contribution in [0.25, 0.3) is 0 Å². The highest BCUT2D eigenvalue weighted by molar-refractivity contribution is 4.90. The van der Waals surface area contributed by atoms with E-state index in [1.165, 1.54) is 0 Å². The molecule has 8 heteroatoms. The highest BCUT2D eigenvalue weighted by atomic mass is 19.4. The second-order valence-corrected chi connectivity index (χ2v) is 1.91. The van der Waals surface area contributed by atoms with Gasteiger partial charge in [-0.15, -0.1) is 0 Å². The maximum Gasteiger partial charge on any atom is 0.459 e. The third-order valence-corrected chi connectivity index (χ3v) is 0.983. The average molecular weight is 202 g/mol. The van der Waals surface area contributed by atoms with Gasteiger partial charge >= 0.3 is 18.0 Å². The molecular weight excluding hydrogens is 200 g/mol. The van der Waals surface area contributed by atoms with E-state index in [1.54, 1.807) is 0 Å². The van der Waals surface area contributed by atoms with Crippen molar-refractivity contribution >= 4 is 0 Å². The Morgan fingerprint density at radius 1 is 0.750 bits per heavy atom. The Morgan fingerprint density at radius 2 is 1.08 bits per heavy atom. The van der Waals surface area contributed by atoms with Crippen LogP contribution < -0.4 is 0 Å². The molecule has 0 saturated heterocycles. The van der Waals surface area contributed by atoms with Crippen molar-refractivity contribution in [1.29, 1.82) is 0 Å². The van der Waals surface area contributed by atoms with E-state index >= 15 is 0 Å². The van der Waals surface area contributed by atoms with Crippen LogP contribution >= 0.6 is 0 Å². The van der Waals surface area contributed by atoms with Crippen molar-refractivity contribution in [1.82, 2.24) is 0 Å². The molecule has 0 aromatic rings. The standard InChI is InChI=1S/C4H2F8/c5-1-2(6,7)3(8,9)4(10,11)12/h1H2. The van der Waals surface area contributed by atoms with Crippen LogP contribution in [0.5, 0.6) is 0 Å². The first-order chi connectivity index (χ1) is 5.06. The van der Waals surface area contributed by atoms with Crippen molar-refractivity contribution in [3.05, 3.63) is 0 Å². The van der Waals surface area contributed by atoms with Crippen LogP contribution in [-0.4, -0.2) is 24.7 Å². The predicted octanol–water partition coefficient (Wildman–Crippen LogP) is 2.79. The Hall–Kier alpha value is -0.560. The minimum absolute atomic E-state index is 3.06. The molecule has 0 amide bonds. The third-order valence-electron chi connectivity index (χ3n) is 0.983. The number of alkyl halides is 8. The van der Waals surface area contributed by atoms with Gasteiger partial charge in [-0.3, -0.25) is 0 Å². The van der Waals surface area contributed by atoms with Gasteiger partial charge < -0.3 is 0 Å². The molecule has 0 saturated carbocycles. The summed E-state index contributed by atoms with van der Waals surface area (Å²) in [7, 11) is 0. The van der Waals surface area contributed by atoms with Crippen molar-refractivity contribution in [2.75, 3.05) is 6.67 Å². The molecule has 0 aliphatic heterocycles. The van der Waals surface area contributed by atoms with E-state index < -0.39 is 24.7 Å². The van der Waals surface area contributed by atoms with Crippen molar-refractivity contribution in [3.8, 4) is 0 Å². The summed E-state index contributed by atoms with van der Waals surface area (Å²) in [5.74, 6) is -12.0. The lowest BCUT2D eigenvalue weighted by molar-refractivity contribution is -0.356. The minimum atomic E-state index is -6.44. The first-order valence-electron chi connectivity index (χ1n) is 2.44. The molecule has 0 aliphatic rings. The normalized spacial score (nSPS) is 15.0. The van der Waals surface area contributed by atoms with Gasteiger partial charge in [0, 0.05) is 0 Å². The molecule has 0 aliphatic carbocycles. The van der Waals surface area contributed by atoms with Crippen molar-refractivity contribution in [3.63, 3.8) is 0 Å². The fourth-order valence-electron chi connectivity index (χ4n) is 0.291. The average Bonchev–Trinajstić information content (AvgIpc) is 1.85. The third kappa shape index (κ3) is 1.61. The maximum atomic E-state index is 11.6. The summed E-state index contributed by atoms with van der Waals surface area (Å²) in [6.45, 7) is -3.06. The van der Waals surface area contributed by atoms with Gasteiger partial charge in [-0.2, -0.15) is 30.7 Å². The molecule has 0 rings (SSSR count). The SMILES string of the molecule is FCC(F)(F)C(F)(F)C(F)(F)F. The molecule has 0 fully saturated rings. The van der Waals surface area contributed by atoms with E-state index in [0.717, 1.165) is 0 Å². The predicted molar refractivity (Wildman–Crippen MR) is 21.9 cm³/mol. The second-order valence-electron chi connectivity index (χ2n) is 1.91. The zero-order valence-corrected chi connectivity index (χ0v) is 5.23. The molecule has 0 N–H and O–H groups in total. The first kappa shape index (κ1) is 11.4. The summed E-state index contributed by atoms with van der Waals surface area (Å²) in [5, 5.41) is 0. The highest BCUT2D eigenvalue weighted by Crippen LogP contribution is 2.46. The van der Waals surface area contributed by atoms with Gasteiger partial charge in [0.2, 0.25) is 0 Å². The molecule has 74 valence electrons. The second kappa shape index (κ2) is 2.74. The van der Waals surface area contributed by atoms with Crippen LogP contribution in [0.3, 0.4) is 0 Å². The van der Waals surface area contributed by atoms with Crippen molar-refractivity contribution in [2.45, 2.75) is 18.0 Å². The van der Waals surface area contributed by atoms with Crippen LogP contribution in [0.15, 0.2) is 0 Å². The molecule has 0 bridgehead atoms. The van der Waals surface area contributed by atoms with Crippen LogP contribution in [0.2, 0.25) is 0 Å². The van der Waals surface area contributed by atoms with Gasteiger partial charge in [-0.25, -0.2) is 4.39 Å². The molecule has 0 aromatic carbocycles. The van der Waals surface area contributed by atoms with Crippen LogP contribution in [0.1, 0.15) is 0 Å². The summed E-state index contributed by atoms with van der Waals surface area (Å²) in [5.41, 5.74) is 0. The van der Waals surface area contributed by atoms with Crippen molar-refractivity contribution < 1.29 is 35.1 Å². The molecule has 12 heavy (non-hydrogen) atoms. The van der Waals surface area contributed by atoms with Crippen LogP contribution in [-0.2, 0) is 0 Å². The molecule has 0 heterocycles. The van der Waals surface area contributed by atoms with E-state index in [1.807, 2.05) is 0 Å². The number of halogens is 8. The molecule has 0 nitrogen and oxygen atoms in total. The van der Waals surface area contributed by atoms with E-state index in [0.29, 0.717) is 0 Å². The molecule has 0 unspecified atom stereocenters. The summed E-state index contributed by atoms with van der Waals surface area (Å²) < 4.78 is 90.8. The van der Waals surface area contributed by atoms with Crippen molar-refractivity contribution in [2.24, 2.45) is 0 Å². The number of rotatable bonds is 2. The summed E-state index contributed by atoms with van der Waals surface area (Å²) in [4.78, 5) is 0. The molecule has 0 radical (unpaired) electrons. The quantitative estimate of drug-likeness (QED) is 0.604. The van der Waals surface area contributed by atoms with E-state index in [2.05, 4.69) is 0 Å². The Morgan fingerprint density at radius 3 is 1.17 bits per heavy atom.